The Kier molecular flexibility index (Phi) is 2.89. The fourth-order valence-electron chi connectivity index (χ4n) is 2.90. The number of nitrogens with one attached hydrogen (secondary N) is 1. The van der Waals surface area contributed by atoms with Crippen LogP contribution >= 0.6 is 0 Å². The van der Waals surface area contributed by atoms with E-state index in [1.54, 1.807) is 0 Å². The maximum absolute atomic E-state index is 3.71. The largest absolute Gasteiger partial charge is 0.312 e. The summed E-state index contributed by atoms with van der Waals surface area (Å²) in [6.45, 7) is 8.57. The second kappa shape index (κ2) is 3.97. The molecule has 76 valence electrons. The van der Waals surface area contributed by atoms with Crippen molar-refractivity contribution in [3.8, 4) is 0 Å². The summed E-state index contributed by atoms with van der Waals surface area (Å²) in [6, 6.07) is 1.58. The van der Waals surface area contributed by atoms with Crippen molar-refractivity contribution in [3.05, 3.63) is 0 Å². The third-order valence-electron chi connectivity index (χ3n) is 3.55. The Hall–Kier alpha value is -0.0800. The average molecular weight is 182 g/mol. The zero-order valence-corrected chi connectivity index (χ0v) is 8.92. The molecule has 0 spiro atoms. The van der Waals surface area contributed by atoms with Gasteiger partial charge in [0.1, 0.15) is 0 Å². The van der Waals surface area contributed by atoms with E-state index >= 15 is 0 Å². The van der Waals surface area contributed by atoms with Crippen molar-refractivity contribution in [2.45, 2.75) is 45.2 Å². The lowest BCUT2D eigenvalue weighted by Gasteiger charge is -2.31. The summed E-state index contributed by atoms with van der Waals surface area (Å²) in [5.74, 6) is 0.781. The van der Waals surface area contributed by atoms with E-state index in [-0.39, 0.29) is 0 Å². The molecule has 2 unspecified atom stereocenters. The van der Waals surface area contributed by atoms with E-state index in [1.807, 2.05) is 0 Å². The van der Waals surface area contributed by atoms with E-state index < -0.39 is 0 Å². The maximum Gasteiger partial charge on any atom is 0.0252 e. The minimum Gasteiger partial charge on any atom is -0.312 e. The average Bonchev–Trinajstić information content (AvgIpc) is 2.44. The molecule has 13 heavy (non-hydrogen) atoms. The first-order valence-corrected chi connectivity index (χ1v) is 5.76. The van der Waals surface area contributed by atoms with E-state index in [0.717, 1.165) is 18.0 Å². The van der Waals surface area contributed by atoms with Crippen molar-refractivity contribution < 1.29 is 0 Å². The topological polar surface area (TPSA) is 15.3 Å². The van der Waals surface area contributed by atoms with Gasteiger partial charge in [0.05, 0.1) is 0 Å². The van der Waals surface area contributed by atoms with Crippen LogP contribution in [-0.4, -0.2) is 36.6 Å². The van der Waals surface area contributed by atoms with Crippen molar-refractivity contribution in [1.82, 2.24) is 10.2 Å². The normalized spacial score (nSPS) is 36.2. The molecular formula is C11H22N2. The van der Waals surface area contributed by atoms with Crippen LogP contribution in [0.4, 0.5) is 0 Å². The van der Waals surface area contributed by atoms with Gasteiger partial charge in [0.25, 0.3) is 0 Å². The summed E-state index contributed by atoms with van der Waals surface area (Å²) in [5, 5.41) is 3.71. The Bertz CT molecular complexity index is 167. The molecule has 0 saturated carbocycles. The molecule has 0 aromatic carbocycles. The van der Waals surface area contributed by atoms with Gasteiger partial charge in [0.2, 0.25) is 0 Å². The third-order valence-corrected chi connectivity index (χ3v) is 3.55. The van der Waals surface area contributed by atoms with Gasteiger partial charge in [-0.3, -0.25) is 4.90 Å². The van der Waals surface area contributed by atoms with Gasteiger partial charge in [-0.25, -0.2) is 0 Å². The first-order valence-electron chi connectivity index (χ1n) is 5.76. The zero-order chi connectivity index (χ0) is 9.26. The molecule has 2 nitrogen and oxygen atoms in total. The SMILES string of the molecule is CC(C)C1NCCCN2CCCC12. The second-order valence-corrected chi connectivity index (χ2v) is 4.82. The van der Waals surface area contributed by atoms with Gasteiger partial charge in [-0.05, 0) is 44.8 Å². The Morgan fingerprint density at radius 1 is 1.23 bits per heavy atom. The maximum atomic E-state index is 3.71. The quantitative estimate of drug-likeness (QED) is 0.660. The lowest BCUT2D eigenvalue weighted by molar-refractivity contribution is 0.205. The smallest absolute Gasteiger partial charge is 0.0252 e. The number of hydrogen-bond donors (Lipinski definition) is 1. The van der Waals surface area contributed by atoms with Crippen LogP contribution in [0.25, 0.3) is 0 Å². The van der Waals surface area contributed by atoms with Crippen LogP contribution in [0.1, 0.15) is 33.1 Å². The molecule has 0 bridgehead atoms. The highest BCUT2D eigenvalue weighted by molar-refractivity contribution is 4.92. The predicted molar refractivity (Wildman–Crippen MR) is 55.8 cm³/mol. The van der Waals surface area contributed by atoms with Gasteiger partial charge in [0, 0.05) is 12.1 Å². The number of fused-ring (bicyclic) bond motifs is 1. The van der Waals surface area contributed by atoms with E-state index in [9.17, 15) is 0 Å². The van der Waals surface area contributed by atoms with Gasteiger partial charge >= 0.3 is 0 Å². The minimum absolute atomic E-state index is 0.741. The van der Waals surface area contributed by atoms with Crippen LogP contribution in [-0.2, 0) is 0 Å². The zero-order valence-electron chi connectivity index (χ0n) is 8.92. The molecule has 2 heterocycles. The first kappa shape index (κ1) is 9.47. The fraction of sp³-hybridized carbons (Fsp3) is 1.00. The van der Waals surface area contributed by atoms with E-state index in [1.165, 1.54) is 38.9 Å². The molecule has 2 fully saturated rings. The molecule has 2 atom stereocenters. The van der Waals surface area contributed by atoms with Gasteiger partial charge in [-0.2, -0.15) is 0 Å². The van der Waals surface area contributed by atoms with Gasteiger partial charge in [0.15, 0.2) is 0 Å². The summed E-state index contributed by atoms with van der Waals surface area (Å²) < 4.78 is 0. The van der Waals surface area contributed by atoms with Crippen LogP contribution in [0.15, 0.2) is 0 Å². The van der Waals surface area contributed by atoms with Gasteiger partial charge in [-0.15, -0.1) is 0 Å². The number of nitrogens with zero attached hydrogens (tertiary/aromatic N) is 1. The summed E-state index contributed by atoms with van der Waals surface area (Å²) in [5.41, 5.74) is 0. The Morgan fingerprint density at radius 3 is 2.77 bits per heavy atom. The summed E-state index contributed by atoms with van der Waals surface area (Å²) >= 11 is 0. The fourth-order valence-corrected chi connectivity index (χ4v) is 2.90. The predicted octanol–water partition coefficient (Wildman–Crippen LogP) is 1.47. The lowest BCUT2D eigenvalue weighted by atomic mass is 9.95. The Labute approximate surface area is 81.7 Å². The Balaban J connectivity index is 2.06. The molecule has 2 aliphatic heterocycles. The lowest BCUT2D eigenvalue weighted by Crippen LogP contribution is -2.47. The highest BCUT2D eigenvalue weighted by Gasteiger charge is 2.34. The summed E-state index contributed by atoms with van der Waals surface area (Å²) in [7, 11) is 0. The summed E-state index contributed by atoms with van der Waals surface area (Å²) in [4.78, 5) is 2.70. The molecule has 0 amide bonds. The summed E-state index contributed by atoms with van der Waals surface area (Å²) in [6.07, 6.45) is 4.16. The van der Waals surface area contributed by atoms with Crippen molar-refractivity contribution in [2.75, 3.05) is 19.6 Å². The van der Waals surface area contributed by atoms with Crippen molar-refractivity contribution in [2.24, 2.45) is 5.92 Å². The van der Waals surface area contributed by atoms with Crippen LogP contribution in [0.3, 0.4) is 0 Å². The standard InChI is InChI=1S/C11H22N2/c1-9(2)11-10-5-3-7-13(10)8-4-6-12-11/h9-12H,3-8H2,1-2H3. The Morgan fingerprint density at radius 2 is 2.00 bits per heavy atom. The molecule has 2 aliphatic rings. The first-order chi connectivity index (χ1) is 6.29. The molecule has 2 heteroatoms. The van der Waals surface area contributed by atoms with E-state index in [4.69, 9.17) is 0 Å². The van der Waals surface area contributed by atoms with E-state index in [2.05, 4.69) is 24.1 Å². The van der Waals surface area contributed by atoms with Crippen LogP contribution in [0.2, 0.25) is 0 Å². The van der Waals surface area contributed by atoms with Crippen molar-refractivity contribution in [3.63, 3.8) is 0 Å². The second-order valence-electron chi connectivity index (χ2n) is 4.82. The molecule has 0 aromatic rings. The molecule has 0 radical (unpaired) electrons. The minimum atomic E-state index is 0.741. The molecule has 2 rings (SSSR count). The molecule has 2 saturated heterocycles. The molecular weight excluding hydrogens is 160 g/mol. The van der Waals surface area contributed by atoms with Crippen molar-refractivity contribution in [1.29, 1.82) is 0 Å². The third kappa shape index (κ3) is 1.89. The molecule has 0 aliphatic carbocycles. The van der Waals surface area contributed by atoms with Gasteiger partial charge < -0.3 is 5.32 Å². The molecule has 0 aromatic heterocycles. The highest BCUT2D eigenvalue weighted by atomic mass is 15.2. The van der Waals surface area contributed by atoms with Crippen molar-refractivity contribution >= 4 is 0 Å². The van der Waals surface area contributed by atoms with Crippen LogP contribution in [0, 0.1) is 5.92 Å². The number of hydrogen-bond acceptors (Lipinski definition) is 2. The molecule has 1 N–H and O–H groups in total. The van der Waals surface area contributed by atoms with Gasteiger partial charge in [-0.1, -0.05) is 13.8 Å². The van der Waals surface area contributed by atoms with E-state index in [0.29, 0.717) is 0 Å². The van der Waals surface area contributed by atoms with Crippen LogP contribution in [0.5, 0.6) is 0 Å². The number of rotatable bonds is 1. The monoisotopic (exact) mass is 182 g/mol. The highest BCUT2D eigenvalue weighted by Crippen LogP contribution is 2.25. The van der Waals surface area contributed by atoms with Crippen LogP contribution < -0.4 is 5.32 Å².